The number of esters is 1. The van der Waals surface area contributed by atoms with Crippen LogP contribution in [0.15, 0.2) is 60.9 Å². The smallest absolute Gasteiger partial charge is 0.332 e. The Kier molecular flexibility index (Phi) is 6.05. The van der Waals surface area contributed by atoms with Gasteiger partial charge < -0.3 is 10.1 Å². The van der Waals surface area contributed by atoms with Crippen LogP contribution in [0.1, 0.15) is 18.5 Å². The lowest BCUT2D eigenvalue weighted by atomic mass is 10.1. The van der Waals surface area contributed by atoms with E-state index in [0.717, 1.165) is 5.56 Å². The maximum absolute atomic E-state index is 13.0. The van der Waals surface area contributed by atoms with Gasteiger partial charge in [0.05, 0.1) is 0 Å². The minimum atomic E-state index is -1.06. The first-order valence-electron chi connectivity index (χ1n) is 8.56. The Balaban J connectivity index is 1.66. The summed E-state index contributed by atoms with van der Waals surface area (Å²) in [4.78, 5) is 25.0. The first-order valence-corrected chi connectivity index (χ1v) is 8.56. The fraction of sp³-hybridized carbons (Fsp3) is 0.211. The number of halogens is 1. The molecule has 28 heavy (non-hydrogen) atoms. The molecule has 0 aliphatic heterocycles. The quantitative estimate of drug-likeness (QED) is 0.628. The number of aromatic nitrogens is 4. The van der Waals surface area contributed by atoms with Crippen LogP contribution in [-0.2, 0) is 20.7 Å². The van der Waals surface area contributed by atoms with Crippen molar-refractivity contribution in [3.8, 4) is 0 Å². The SMILES string of the molecule is C[C@H](OC(=O)[C@H](Cc1ccccc1)n1cnnn1)C(=O)Nc1ccc(F)cc1. The Labute approximate surface area is 160 Å². The lowest BCUT2D eigenvalue weighted by Gasteiger charge is -2.19. The summed E-state index contributed by atoms with van der Waals surface area (Å²) < 4.78 is 19.6. The molecule has 0 saturated heterocycles. The molecule has 0 spiro atoms. The summed E-state index contributed by atoms with van der Waals surface area (Å²) in [5.41, 5.74) is 1.29. The average Bonchev–Trinajstić information content (AvgIpc) is 3.23. The molecule has 1 N–H and O–H groups in total. The third-order valence-electron chi connectivity index (χ3n) is 4.00. The minimum Gasteiger partial charge on any atom is -0.451 e. The van der Waals surface area contributed by atoms with Crippen LogP contribution in [0.2, 0.25) is 0 Å². The van der Waals surface area contributed by atoms with E-state index in [1.54, 1.807) is 0 Å². The Hall–Kier alpha value is -3.62. The van der Waals surface area contributed by atoms with Gasteiger partial charge in [0.1, 0.15) is 12.1 Å². The number of anilines is 1. The van der Waals surface area contributed by atoms with Gasteiger partial charge in [-0.25, -0.2) is 13.9 Å². The minimum absolute atomic E-state index is 0.303. The van der Waals surface area contributed by atoms with Crippen molar-refractivity contribution in [2.24, 2.45) is 0 Å². The second kappa shape index (κ2) is 8.85. The number of nitrogens with one attached hydrogen (secondary N) is 1. The molecule has 0 bridgehead atoms. The lowest BCUT2D eigenvalue weighted by molar-refractivity contribution is -0.156. The third kappa shape index (κ3) is 4.97. The monoisotopic (exact) mass is 383 g/mol. The van der Waals surface area contributed by atoms with E-state index in [4.69, 9.17) is 4.74 Å². The normalized spacial score (nSPS) is 12.8. The highest BCUT2D eigenvalue weighted by Crippen LogP contribution is 2.16. The maximum atomic E-state index is 13.0. The highest BCUT2D eigenvalue weighted by atomic mass is 19.1. The summed E-state index contributed by atoms with van der Waals surface area (Å²) in [6.07, 6.45) is 0.557. The van der Waals surface area contributed by atoms with Gasteiger partial charge >= 0.3 is 5.97 Å². The van der Waals surface area contributed by atoms with Crippen molar-refractivity contribution in [3.63, 3.8) is 0 Å². The second-order valence-corrected chi connectivity index (χ2v) is 6.07. The van der Waals surface area contributed by atoms with Crippen molar-refractivity contribution < 1.29 is 18.7 Å². The number of rotatable bonds is 7. The zero-order valence-corrected chi connectivity index (χ0v) is 15.0. The summed E-state index contributed by atoms with van der Waals surface area (Å²) in [5.74, 6) is -1.59. The van der Waals surface area contributed by atoms with Crippen molar-refractivity contribution in [1.82, 2.24) is 20.2 Å². The van der Waals surface area contributed by atoms with E-state index < -0.39 is 29.8 Å². The molecule has 0 aliphatic carbocycles. The second-order valence-electron chi connectivity index (χ2n) is 6.07. The van der Waals surface area contributed by atoms with Gasteiger partial charge in [0, 0.05) is 12.1 Å². The standard InChI is InChI=1S/C19H18FN5O3/c1-13(18(26)22-16-9-7-15(20)8-10-16)28-19(27)17(25-12-21-23-24-25)11-14-5-3-2-4-6-14/h2-10,12-13,17H,11H2,1H3,(H,22,26)/t13-,17-/m0/s1. The van der Waals surface area contributed by atoms with Crippen LogP contribution < -0.4 is 5.32 Å². The van der Waals surface area contributed by atoms with Crippen LogP contribution in [-0.4, -0.2) is 38.2 Å². The van der Waals surface area contributed by atoms with Gasteiger partial charge in [0.25, 0.3) is 5.91 Å². The number of hydrogen-bond acceptors (Lipinski definition) is 6. The number of carbonyl (C=O) groups is 2. The molecular weight excluding hydrogens is 365 g/mol. The van der Waals surface area contributed by atoms with Crippen LogP contribution in [0.3, 0.4) is 0 Å². The van der Waals surface area contributed by atoms with Gasteiger partial charge in [-0.05, 0) is 47.2 Å². The fourth-order valence-electron chi connectivity index (χ4n) is 2.52. The van der Waals surface area contributed by atoms with Gasteiger partial charge in [-0.3, -0.25) is 4.79 Å². The molecule has 3 aromatic rings. The first-order chi connectivity index (χ1) is 13.5. The van der Waals surface area contributed by atoms with E-state index in [-0.39, 0.29) is 0 Å². The van der Waals surface area contributed by atoms with Crippen molar-refractivity contribution >= 4 is 17.6 Å². The highest BCUT2D eigenvalue weighted by Gasteiger charge is 2.27. The molecule has 1 heterocycles. The number of benzene rings is 2. The van der Waals surface area contributed by atoms with E-state index in [9.17, 15) is 14.0 Å². The van der Waals surface area contributed by atoms with Crippen molar-refractivity contribution in [3.05, 3.63) is 72.3 Å². The molecule has 0 saturated carbocycles. The van der Waals surface area contributed by atoms with Crippen LogP contribution >= 0.6 is 0 Å². The summed E-state index contributed by atoms with van der Waals surface area (Å²) in [5, 5.41) is 13.5. The zero-order chi connectivity index (χ0) is 19.9. The molecule has 3 rings (SSSR count). The van der Waals surface area contributed by atoms with Gasteiger partial charge in [0.2, 0.25) is 0 Å². The summed E-state index contributed by atoms with van der Waals surface area (Å²) in [7, 11) is 0. The molecule has 0 radical (unpaired) electrons. The molecular formula is C19H18FN5O3. The zero-order valence-electron chi connectivity index (χ0n) is 15.0. The van der Waals surface area contributed by atoms with E-state index in [0.29, 0.717) is 12.1 Å². The summed E-state index contributed by atoms with van der Waals surface area (Å²) >= 11 is 0. The van der Waals surface area contributed by atoms with Crippen molar-refractivity contribution in [2.45, 2.75) is 25.5 Å². The van der Waals surface area contributed by atoms with E-state index >= 15 is 0 Å². The number of nitrogens with zero attached hydrogens (tertiary/aromatic N) is 4. The average molecular weight is 383 g/mol. The van der Waals surface area contributed by atoms with Gasteiger partial charge in [0.15, 0.2) is 12.1 Å². The largest absolute Gasteiger partial charge is 0.451 e. The first kappa shape index (κ1) is 19.2. The molecule has 2 aromatic carbocycles. The molecule has 2 atom stereocenters. The lowest BCUT2D eigenvalue weighted by Crippen LogP contribution is -2.34. The number of hydrogen-bond donors (Lipinski definition) is 1. The third-order valence-corrected chi connectivity index (χ3v) is 4.00. The van der Waals surface area contributed by atoms with Gasteiger partial charge in [-0.1, -0.05) is 30.3 Å². The molecule has 9 heteroatoms. The van der Waals surface area contributed by atoms with E-state index in [1.165, 1.54) is 42.2 Å². The maximum Gasteiger partial charge on any atom is 0.332 e. The molecule has 1 aromatic heterocycles. The van der Waals surface area contributed by atoms with Crippen LogP contribution in [0, 0.1) is 5.82 Å². The molecule has 1 amide bonds. The Morgan fingerprint density at radius 2 is 1.86 bits per heavy atom. The fourth-order valence-corrected chi connectivity index (χ4v) is 2.52. The van der Waals surface area contributed by atoms with E-state index in [1.807, 2.05) is 30.3 Å². The Bertz CT molecular complexity index is 917. The van der Waals surface area contributed by atoms with Gasteiger partial charge in [-0.2, -0.15) is 0 Å². The number of carbonyl (C=O) groups excluding carboxylic acids is 2. The van der Waals surface area contributed by atoms with Crippen LogP contribution in [0.5, 0.6) is 0 Å². The predicted molar refractivity (Wildman–Crippen MR) is 97.6 cm³/mol. The van der Waals surface area contributed by atoms with Crippen LogP contribution in [0.4, 0.5) is 10.1 Å². The predicted octanol–water partition coefficient (Wildman–Crippen LogP) is 2.17. The van der Waals surface area contributed by atoms with E-state index in [2.05, 4.69) is 20.8 Å². The topological polar surface area (TPSA) is 99.0 Å². The van der Waals surface area contributed by atoms with Crippen molar-refractivity contribution in [1.29, 1.82) is 0 Å². The summed E-state index contributed by atoms with van der Waals surface area (Å²) in [6, 6.07) is 13.8. The summed E-state index contributed by atoms with van der Waals surface area (Å²) in [6.45, 7) is 1.45. The van der Waals surface area contributed by atoms with Crippen molar-refractivity contribution in [2.75, 3.05) is 5.32 Å². The number of ether oxygens (including phenoxy) is 1. The Morgan fingerprint density at radius 1 is 1.14 bits per heavy atom. The molecule has 144 valence electrons. The Morgan fingerprint density at radius 3 is 2.50 bits per heavy atom. The number of amides is 1. The molecule has 0 fully saturated rings. The molecule has 0 unspecified atom stereocenters. The molecule has 8 nitrogen and oxygen atoms in total. The highest BCUT2D eigenvalue weighted by molar-refractivity contribution is 5.95. The number of tetrazole rings is 1. The van der Waals surface area contributed by atoms with Crippen LogP contribution in [0.25, 0.3) is 0 Å². The molecule has 0 aliphatic rings. The van der Waals surface area contributed by atoms with Gasteiger partial charge in [-0.15, -0.1) is 5.10 Å².